The molecule has 0 heterocycles. The number of aliphatic hydroxyl groups excluding tert-OH is 1. The Hall–Kier alpha value is -2.26. The van der Waals surface area contributed by atoms with Crippen molar-refractivity contribution in [3.63, 3.8) is 0 Å². The Kier molecular flexibility index (Phi) is 3.65. The maximum Gasteiger partial charge on any atom is 0.123 e. The largest absolute Gasteiger partial charge is 0.507 e. The highest BCUT2D eigenvalue weighted by Gasteiger charge is 2.02. The Bertz CT molecular complexity index is 576. The third-order valence-electron chi connectivity index (χ3n) is 2.69. The van der Waals surface area contributed by atoms with Gasteiger partial charge in [-0.3, -0.25) is 0 Å². The molecule has 4 N–H and O–H groups in total. The molecule has 0 bridgehead atoms. The van der Waals surface area contributed by atoms with Crippen molar-refractivity contribution in [2.75, 3.05) is 0 Å². The van der Waals surface area contributed by atoms with E-state index in [0.29, 0.717) is 17.7 Å². The summed E-state index contributed by atoms with van der Waals surface area (Å²) in [5.74, 6) is 0.242. The monoisotopic (exact) mass is 241 g/mol. The van der Waals surface area contributed by atoms with Crippen molar-refractivity contribution in [2.24, 2.45) is 5.73 Å². The van der Waals surface area contributed by atoms with Crippen molar-refractivity contribution in [2.45, 2.75) is 6.54 Å². The van der Waals surface area contributed by atoms with E-state index in [-0.39, 0.29) is 11.5 Å². The number of rotatable bonds is 3. The number of para-hydroxylation sites is 1. The van der Waals surface area contributed by atoms with Crippen LogP contribution in [0.25, 0.3) is 11.8 Å². The summed E-state index contributed by atoms with van der Waals surface area (Å²) < 4.78 is 0. The second-order valence-corrected chi connectivity index (χ2v) is 3.99. The first-order chi connectivity index (χ1) is 8.70. The molecule has 2 aromatic rings. The molecule has 0 aliphatic heterocycles. The molecule has 18 heavy (non-hydrogen) atoms. The maximum absolute atomic E-state index is 10.0. The van der Waals surface area contributed by atoms with Crippen LogP contribution in [0.3, 0.4) is 0 Å². The molecule has 2 rings (SSSR count). The number of nitrogens with two attached hydrogens (primary N) is 1. The Morgan fingerprint density at radius 1 is 1.11 bits per heavy atom. The molecule has 0 saturated carbocycles. The van der Waals surface area contributed by atoms with Crippen LogP contribution in [-0.2, 0) is 6.54 Å². The van der Waals surface area contributed by atoms with Gasteiger partial charge in [-0.25, -0.2) is 0 Å². The molecule has 0 spiro atoms. The second kappa shape index (κ2) is 5.38. The topological polar surface area (TPSA) is 66.5 Å². The van der Waals surface area contributed by atoms with Crippen LogP contribution in [0.2, 0.25) is 0 Å². The number of hydrogen-bond donors (Lipinski definition) is 3. The van der Waals surface area contributed by atoms with Crippen LogP contribution in [0.15, 0.2) is 48.5 Å². The Morgan fingerprint density at radius 3 is 2.61 bits per heavy atom. The van der Waals surface area contributed by atoms with Crippen LogP contribution in [0, 0.1) is 0 Å². The van der Waals surface area contributed by atoms with Gasteiger partial charge in [-0.2, -0.15) is 0 Å². The highest BCUT2D eigenvalue weighted by atomic mass is 16.3. The Balaban J connectivity index is 2.36. The SMILES string of the molecule is NCc1cccc(C(O)=Cc2ccccc2O)c1. The van der Waals surface area contributed by atoms with Crippen molar-refractivity contribution < 1.29 is 10.2 Å². The molecule has 0 aliphatic rings. The fraction of sp³-hybridized carbons (Fsp3) is 0.0667. The molecule has 0 unspecified atom stereocenters. The van der Waals surface area contributed by atoms with Gasteiger partial charge in [0.15, 0.2) is 0 Å². The lowest BCUT2D eigenvalue weighted by Crippen LogP contribution is -1.96. The lowest BCUT2D eigenvalue weighted by molar-refractivity contribution is 0.473. The summed E-state index contributed by atoms with van der Waals surface area (Å²) in [6.45, 7) is 0.428. The molecule has 0 radical (unpaired) electrons. The van der Waals surface area contributed by atoms with Gasteiger partial charge < -0.3 is 15.9 Å². The smallest absolute Gasteiger partial charge is 0.123 e. The van der Waals surface area contributed by atoms with E-state index in [1.165, 1.54) is 6.08 Å². The highest BCUT2D eigenvalue weighted by Crippen LogP contribution is 2.22. The summed E-state index contributed by atoms with van der Waals surface area (Å²) >= 11 is 0. The molecular weight excluding hydrogens is 226 g/mol. The first kappa shape index (κ1) is 12.2. The average molecular weight is 241 g/mol. The van der Waals surface area contributed by atoms with Gasteiger partial charge in [-0.1, -0.05) is 36.4 Å². The first-order valence-electron chi connectivity index (χ1n) is 5.69. The average Bonchev–Trinajstić information content (AvgIpc) is 2.41. The predicted molar refractivity (Wildman–Crippen MR) is 72.9 cm³/mol. The lowest BCUT2D eigenvalue weighted by Gasteiger charge is -2.04. The van der Waals surface area contributed by atoms with Crippen molar-refractivity contribution in [3.05, 3.63) is 65.2 Å². The number of hydrogen-bond acceptors (Lipinski definition) is 3. The molecule has 0 amide bonds. The molecule has 3 nitrogen and oxygen atoms in total. The van der Waals surface area contributed by atoms with Crippen molar-refractivity contribution in [1.29, 1.82) is 0 Å². The molecule has 0 aromatic heterocycles. The normalized spacial score (nSPS) is 11.5. The van der Waals surface area contributed by atoms with Gasteiger partial charge in [0, 0.05) is 17.7 Å². The van der Waals surface area contributed by atoms with E-state index in [1.807, 2.05) is 18.2 Å². The quantitative estimate of drug-likeness (QED) is 0.571. The minimum Gasteiger partial charge on any atom is -0.507 e. The van der Waals surface area contributed by atoms with Gasteiger partial charge in [0.05, 0.1) is 0 Å². The molecule has 92 valence electrons. The zero-order chi connectivity index (χ0) is 13.0. The number of aliphatic hydroxyl groups is 1. The zero-order valence-electron chi connectivity index (χ0n) is 9.88. The highest BCUT2D eigenvalue weighted by molar-refractivity contribution is 5.78. The van der Waals surface area contributed by atoms with Gasteiger partial charge in [0.1, 0.15) is 11.5 Å². The van der Waals surface area contributed by atoms with E-state index in [9.17, 15) is 10.2 Å². The van der Waals surface area contributed by atoms with Gasteiger partial charge in [0.25, 0.3) is 0 Å². The third kappa shape index (κ3) is 2.70. The number of phenols is 1. The van der Waals surface area contributed by atoms with Gasteiger partial charge in [0.2, 0.25) is 0 Å². The Labute approximate surface area is 106 Å². The minimum absolute atomic E-state index is 0.104. The summed E-state index contributed by atoms with van der Waals surface area (Å²) in [5, 5.41) is 19.7. The first-order valence-corrected chi connectivity index (χ1v) is 5.69. The molecular formula is C15H15NO2. The van der Waals surface area contributed by atoms with Crippen LogP contribution in [0.5, 0.6) is 5.75 Å². The van der Waals surface area contributed by atoms with Crippen LogP contribution >= 0.6 is 0 Å². The molecule has 0 atom stereocenters. The van der Waals surface area contributed by atoms with Crippen LogP contribution < -0.4 is 5.73 Å². The third-order valence-corrected chi connectivity index (χ3v) is 2.69. The molecule has 2 aromatic carbocycles. The van der Waals surface area contributed by atoms with Crippen LogP contribution in [0.1, 0.15) is 16.7 Å². The second-order valence-electron chi connectivity index (χ2n) is 3.99. The lowest BCUT2D eigenvalue weighted by atomic mass is 10.1. The predicted octanol–water partition coefficient (Wildman–Crippen LogP) is 2.91. The fourth-order valence-corrected chi connectivity index (χ4v) is 1.70. The number of aromatic hydroxyl groups is 1. The van der Waals surface area contributed by atoms with Gasteiger partial charge in [-0.15, -0.1) is 0 Å². The van der Waals surface area contributed by atoms with E-state index in [0.717, 1.165) is 5.56 Å². The van der Waals surface area contributed by atoms with E-state index in [2.05, 4.69) is 0 Å². The van der Waals surface area contributed by atoms with E-state index in [1.54, 1.807) is 30.3 Å². The standard InChI is InChI=1S/C15H15NO2/c16-10-11-4-3-6-12(8-11)15(18)9-13-5-1-2-7-14(13)17/h1-9,17-18H,10,16H2. The summed E-state index contributed by atoms with van der Waals surface area (Å²) in [6.07, 6.45) is 1.53. The molecule has 0 saturated heterocycles. The van der Waals surface area contributed by atoms with Crippen LogP contribution in [-0.4, -0.2) is 10.2 Å². The Morgan fingerprint density at radius 2 is 1.89 bits per heavy atom. The van der Waals surface area contributed by atoms with Crippen molar-refractivity contribution >= 4 is 11.8 Å². The molecule has 0 aliphatic carbocycles. The number of phenolic OH excluding ortho intramolecular Hbond substituents is 1. The van der Waals surface area contributed by atoms with Gasteiger partial charge >= 0.3 is 0 Å². The van der Waals surface area contributed by atoms with E-state index in [4.69, 9.17) is 5.73 Å². The minimum atomic E-state index is 0.104. The van der Waals surface area contributed by atoms with Crippen LogP contribution in [0.4, 0.5) is 0 Å². The van der Waals surface area contributed by atoms with E-state index >= 15 is 0 Å². The summed E-state index contributed by atoms with van der Waals surface area (Å²) in [7, 11) is 0. The zero-order valence-corrected chi connectivity index (χ0v) is 9.88. The molecule has 0 fully saturated rings. The fourth-order valence-electron chi connectivity index (χ4n) is 1.70. The maximum atomic E-state index is 10.0. The van der Waals surface area contributed by atoms with Crippen molar-refractivity contribution in [3.8, 4) is 5.75 Å². The summed E-state index contributed by atoms with van der Waals surface area (Å²) in [6, 6.07) is 14.2. The number of benzene rings is 2. The van der Waals surface area contributed by atoms with Crippen molar-refractivity contribution in [1.82, 2.24) is 0 Å². The molecule has 3 heteroatoms. The van der Waals surface area contributed by atoms with E-state index < -0.39 is 0 Å². The van der Waals surface area contributed by atoms with Gasteiger partial charge in [-0.05, 0) is 23.8 Å². The summed E-state index contributed by atoms with van der Waals surface area (Å²) in [5.41, 5.74) is 7.76. The summed E-state index contributed by atoms with van der Waals surface area (Å²) in [4.78, 5) is 0.